The van der Waals surface area contributed by atoms with Crippen LogP contribution in [0.15, 0.2) is 24.4 Å². The summed E-state index contributed by atoms with van der Waals surface area (Å²) in [5.41, 5.74) is 0.437. The predicted molar refractivity (Wildman–Crippen MR) is 62.9 cm³/mol. The van der Waals surface area contributed by atoms with Gasteiger partial charge in [-0.05, 0) is 25.1 Å². The van der Waals surface area contributed by atoms with Crippen molar-refractivity contribution in [3.63, 3.8) is 0 Å². The van der Waals surface area contributed by atoms with Gasteiger partial charge in [0.15, 0.2) is 0 Å². The molecule has 2 rings (SSSR count). The molecule has 1 aromatic carbocycles. The third-order valence-corrected chi connectivity index (χ3v) is 2.62. The highest BCUT2D eigenvalue weighted by molar-refractivity contribution is 5.29. The van der Waals surface area contributed by atoms with Gasteiger partial charge < -0.3 is 5.32 Å². The van der Waals surface area contributed by atoms with Gasteiger partial charge in [0.1, 0.15) is 17.3 Å². The molecule has 1 atom stereocenters. The number of halogens is 2. The van der Waals surface area contributed by atoms with Gasteiger partial charge in [-0.2, -0.15) is 15.4 Å². The van der Waals surface area contributed by atoms with Crippen molar-refractivity contribution in [2.24, 2.45) is 0 Å². The summed E-state index contributed by atoms with van der Waals surface area (Å²) >= 11 is 0. The molecule has 96 valence electrons. The van der Waals surface area contributed by atoms with Crippen LogP contribution in [-0.4, -0.2) is 22.0 Å². The average Bonchev–Trinajstić information content (AvgIpc) is 2.86. The summed E-state index contributed by atoms with van der Waals surface area (Å²) in [4.78, 5) is 0. The second kappa shape index (κ2) is 5.68. The Balaban J connectivity index is 2.40. The molecule has 0 spiro atoms. The van der Waals surface area contributed by atoms with Crippen molar-refractivity contribution in [1.29, 1.82) is 0 Å². The summed E-state index contributed by atoms with van der Waals surface area (Å²) in [7, 11) is 0. The minimum absolute atomic E-state index is 0.0279. The molecule has 0 radical (unpaired) electrons. The smallest absolute Gasteiger partial charge is 0.131 e. The van der Waals surface area contributed by atoms with E-state index in [4.69, 9.17) is 0 Å². The van der Waals surface area contributed by atoms with Crippen molar-refractivity contribution >= 4 is 0 Å². The molecule has 18 heavy (non-hydrogen) atoms. The highest BCUT2D eigenvalue weighted by Gasteiger charge is 2.23. The molecule has 2 aromatic rings. The lowest BCUT2D eigenvalue weighted by atomic mass is 10.0. The van der Waals surface area contributed by atoms with E-state index in [1.54, 1.807) is 0 Å². The number of aromatic nitrogens is 3. The normalized spacial score (nSPS) is 12.6. The zero-order valence-electron chi connectivity index (χ0n) is 9.95. The highest BCUT2D eigenvalue weighted by atomic mass is 19.1. The van der Waals surface area contributed by atoms with Gasteiger partial charge in [-0.15, -0.1) is 0 Å². The molecular weight excluding hydrogens is 238 g/mol. The number of nitrogens with zero attached hydrogens (tertiary/aromatic N) is 2. The summed E-state index contributed by atoms with van der Waals surface area (Å²) in [6, 6.07) is 3.18. The van der Waals surface area contributed by atoms with Crippen molar-refractivity contribution in [1.82, 2.24) is 20.7 Å². The maximum atomic E-state index is 13.8. The number of hydrogen-bond donors (Lipinski definition) is 2. The van der Waals surface area contributed by atoms with Gasteiger partial charge in [-0.1, -0.05) is 13.0 Å². The lowest BCUT2D eigenvalue weighted by molar-refractivity contribution is 0.497. The van der Waals surface area contributed by atoms with Gasteiger partial charge in [0.2, 0.25) is 0 Å². The van der Waals surface area contributed by atoms with E-state index in [-0.39, 0.29) is 5.56 Å². The van der Waals surface area contributed by atoms with Crippen LogP contribution >= 0.6 is 0 Å². The van der Waals surface area contributed by atoms with Crippen LogP contribution in [0.5, 0.6) is 0 Å². The molecule has 0 aliphatic carbocycles. The van der Waals surface area contributed by atoms with Gasteiger partial charge in [-0.3, -0.25) is 0 Å². The topological polar surface area (TPSA) is 53.6 Å². The maximum absolute atomic E-state index is 13.8. The fraction of sp³-hybridized carbons (Fsp3) is 0.333. The van der Waals surface area contributed by atoms with Crippen LogP contribution in [0.4, 0.5) is 8.78 Å². The molecule has 0 aliphatic heterocycles. The zero-order chi connectivity index (χ0) is 13.0. The number of hydrogen-bond acceptors (Lipinski definition) is 3. The quantitative estimate of drug-likeness (QED) is 0.857. The largest absolute Gasteiger partial charge is 0.305 e. The molecule has 4 nitrogen and oxygen atoms in total. The number of rotatable bonds is 5. The summed E-state index contributed by atoms with van der Waals surface area (Å²) < 4.78 is 27.6. The van der Waals surface area contributed by atoms with Crippen LogP contribution in [0.1, 0.15) is 30.6 Å². The van der Waals surface area contributed by atoms with Crippen molar-refractivity contribution in [3.05, 3.63) is 47.3 Å². The third-order valence-electron chi connectivity index (χ3n) is 2.62. The second-order valence-corrected chi connectivity index (χ2v) is 3.92. The molecule has 0 saturated heterocycles. The first-order chi connectivity index (χ1) is 8.74. The standard InChI is InChI=1S/C12H14F2N4/c1-2-6-15-12(10-7-16-18-17-10)11-8(13)4-3-5-9(11)14/h3-5,7,12,15H,2,6H2,1H3,(H,16,17,18). The Morgan fingerprint density at radius 3 is 2.61 bits per heavy atom. The minimum atomic E-state index is -0.634. The Labute approximate surface area is 103 Å². The van der Waals surface area contributed by atoms with Crippen LogP contribution < -0.4 is 5.32 Å². The fourth-order valence-electron chi connectivity index (χ4n) is 1.78. The van der Waals surface area contributed by atoms with Crippen molar-refractivity contribution < 1.29 is 8.78 Å². The van der Waals surface area contributed by atoms with Crippen molar-refractivity contribution in [3.8, 4) is 0 Å². The van der Waals surface area contributed by atoms with Crippen molar-refractivity contribution in [2.45, 2.75) is 19.4 Å². The van der Waals surface area contributed by atoms with Gasteiger partial charge in [0.05, 0.1) is 12.2 Å². The molecule has 1 aromatic heterocycles. The first-order valence-electron chi connectivity index (χ1n) is 5.77. The number of benzene rings is 1. The molecule has 6 heteroatoms. The summed E-state index contributed by atoms with van der Waals surface area (Å²) in [6.45, 7) is 2.61. The van der Waals surface area contributed by atoms with Crippen LogP contribution in [-0.2, 0) is 0 Å². The molecular formula is C12H14F2N4. The van der Waals surface area contributed by atoms with E-state index < -0.39 is 17.7 Å². The summed E-state index contributed by atoms with van der Waals surface area (Å²) in [5.74, 6) is -1.18. The van der Waals surface area contributed by atoms with E-state index in [1.807, 2.05) is 6.92 Å². The van der Waals surface area contributed by atoms with E-state index in [2.05, 4.69) is 20.7 Å². The maximum Gasteiger partial charge on any atom is 0.131 e. The summed E-state index contributed by atoms with van der Waals surface area (Å²) in [6.07, 6.45) is 2.31. The lowest BCUT2D eigenvalue weighted by Crippen LogP contribution is -2.25. The van der Waals surface area contributed by atoms with E-state index in [9.17, 15) is 8.78 Å². The van der Waals surface area contributed by atoms with E-state index in [1.165, 1.54) is 24.4 Å². The first-order valence-corrected chi connectivity index (χ1v) is 5.77. The van der Waals surface area contributed by atoms with Gasteiger partial charge in [-0.25, -0.2) is 8.78 Å². The van der Waals surface area contributed by atoms with Crippen molar-refractivity contribution in [2.75, 3.05) is 6.54 Å². The Kier molecular flexibility index (Phi) is 3.99. The summed E-state index contributed by atoms with van der Waals surface area (Å²) in [5, 5.41) is 13.1. The molecule has 2 N–H and O–H groups in total. The molecule has 1 unspecified atom stereocenters. The first kappa shape index (κ1) is 12.6. The monoisotopic (exact) mass is 252 g/mol. The lowest BCUT2D eigenvalue weighted by Gasteiger charge is -2.17. The Hall–Kier alpha value is -1.82. The molecule has 0 saturated carbocycles. The molecule has 1 heterocycles. The van der Waals surface area contributed by atoms with Gasteiger partial charge in [0, 0.05) is 5.56 Å². The van der Waals surface area contributed by atoms with Crippen LogP contribution in [0, 0.1) is 11.6 Å². The van der Waals surface area contributed by atoms with E-state index in [0.717, 1.165) is 6.42 Å². The molecule has 0 amide bonds. The average molecular weight is 252 g/mol. The van der Waals surface area contributed by atoms with Crippen LogP contribution in [0.3, 0.4) is 0 Å². The molecule has 0 aliphatic rings. The van der Waals surface area contributed by atoms with Gasteiger partial charge in [0.25, 0.3) is 0 Å². The second-order valence-electron chi connectivity index (χ2n) is 3.92. The van der Waals surface area contributed by atoms with Crippen LogP contribution in [0.2, 0.25) is 0 Å². The Bertz CT molecular complexity index is 479. The Morgan fingerprint density at radius 2 is 2.06 bits per heavy atom. The van der Waals surface area contributed by atoms with E-state index >= 15 is 0 Å². The minimum Gasteiger partial charge on any atom is -0.305 e. The number of H-pyrrole nitrogens is 1. The van der Waals surface area contributed by atoms with E-state index in [0.29, 0.717) is 12.2 Å². The highest BCUT2D eigenvalue weighted by Crippen LogP contribution is 2.25. The number of aromatic amines is 1. The number of nitrogens with one attached hydrogen (secondary N) is 2. The predicted octanol–water partition coefficient (Wildman–Crippen LogP) is 2.17. The SMILES string of the molecule is CCCNC(c1cn[nH]n1)c1c(F)cccc1F. The molecule has 0 bridgehead atoms. The van der Waals surface area contributed by atoms with Gasteiger partial charge >= 0.3 is 0 Å². The Morgan fingerprint density at radius 1 is 1.33 bits per heavy atom. The third kappa shape index (κ3) is 2.53. The molecule has 0 fully saturated rings. The van der Waals surface area contributed by atoms with Crippen LogP contribution in [0.25, 0.3) is 0 Å². The fourth-order valence-corrected chi connectivity index (χ4v) is 1.78. The zero-order valence-corrected chi connectivity index (χ0v) is 9.95.